The number of carbonyl (C=O) groups excluding carboxylic acids is 2. The van der Waals surface area contributed by atoms with Gasteiger partial charge in [0.05, 0.1) is 5.56 Å². The molecule has 0 atom stereocenters. The van der Waals surface area contributed by atoms with Crippen LogP contribution in [0.5, 0.6) is 0 Å². The first kappa shape index (κ1) is 14.8. The summed E-state index contributed by atoms with van der Waals surface area (Å²) < 4.78 is 0. The molecule has 6 heteroatoms. The summed E-state index contributed by atoms with van der Waals surface area (Å²) >= 11 is 5.71. The lowest BCUT2D eigenvalue weighted by atomic mass is 9.95. The number of hydrogen-bond donors (Lipinski definition) is 0. The molecule has 0 aliphatic carbocycles. The molecule has 1 saturated heterocycles. The molecule has 108 valence electrons. The summed E-state index contributed by atoms with van der Waals surface area (Å²) in [6.45, 7) is 1.21. The summed E-state index contributed by atoms with van der Waals surface area (Å²) in [7, 11) is 3.53. The molecule has 1 aliphatic rings. The number of carbonyl (C=O) groups is 2. The number of hydrogen-bond acceptors (Lipinski definition) is 3. The first-order chi connectivity index (χ1) is 9.49. The maximum atomic E-state index is 12.3. The van der Waals surface area contributed by atoms with E-state index < -0.39 is 0 Å². The van der Waals surface area contributed by atoms with Crippen LogP contribution < -0.4 is 0 Å². The summed E-state index contributed by atoms with van der Waals surface area (Å²) in [5.74, 6) is 0.118. The number of piperidine rings is 1. The predicted octanol–water partition coefficient (Wildman–Crippen LogP) is 1.68. The first-order valence-electron chi connectivity index (χ1n) is 6.61. The van der Waals surface area contributed by atoms with Crippen molar-refractivity contribution in [3.05, 3.63) is 29.0 Å². The Labute approximate surface area is 123 Å². The fourth-order valence-electron chi connectivity index (χ4n) is 2.38. The Balaban J connectivity index is 1.95. The SMILES string of the molecule is CN(C)C(=O)C1CCN(C(=O)c2ccc(Cl)nc2)CC1. The average molecular weight is 296 g/mol. The van der Waals surface area contributed by atoms with Crippen LogP contribution in [0.15, 0.2) is 18.3 Å². The highest BCUT2D eigenvalue weighted by Gasteiger charge is 2.28. The number of likely N-dealkylation sites (tertiary alicyclic amines) is 1. The lowest BCUT2D eigenvalue weighted by molar-refractivity contribution is -0.134. The zero-order chi connectivity index (χ0) is 14.7. The van der Waals surface area contributed by atoms with E-state index in [4.69, 9.17) is 11.6 Å². The third-order valence-electron chi connectivity index (χ3n) is 3.55. The van der Waals surface area contributed by atoms with Gasteiger partial charge in [0.2, 0.25) is 5.91 Å². The van der Waals surface area contributed by atoms with Crippen molar-refractivity contribution in [1.82, 2.24) is 14.8 Å². The van der Waals surface area contributed by atoms with Crippen LogP contribution in [0.4, 0.5) is 0 Å². The van der Waals surface area contributed by atoms with Crippen molar-refractivity contribution in [3.63, 3.8) is 0 Å². The van der Waals surface area contributed by atoms with E-state index in [-0.39, 0.29) is 17.7 Å². The quantitative estimate of drug-likeness (QED) is 0.780. The third-order valence-corrected chi connectivity index (χ3v) is 3.77. The Kier molecular flexibility index (Phi) is 4.60. The van der Waals surface area contributed by atoms with Crippen LogP contribution >= 0.6 is 11.6 Å². The van der Waals surface area contributed by atoms with Crippen LogP contribution in [-0.2, 0) is 4.79 Å². The zero-order valence-electron chi connectivity index (χ0n) is 11.7. The maximum Gasteiger partial charge on any atom is 0.255 e. The highest BCUT2D eigenvalue weighted by Crippen LogP contribution is 2.20. The van der Waals surface area contributed by atoms with Gasteiger partial charge in [-0.3, -0.25) is 9.59 Å². The van der Waals surface area contributed by atoms with Gasteiger partial charge in [0.1, 0.15) is 5.15 Å². The molecule has 0 aromatic carbocycles. The van der Waals surface area contributed by atoms with E-state index in [0.29, 0.717) is 36.6 Å². The molecule has 0 spiro atoms. The molecular formula is C14H18ClN3O2. The number of pyridine rings is 1. The van der Waals surface area contributed by atoms with Crippen molar-refractivity contribution in [2.45, 2.75) is 12.8 Å². The Morgan fingerprint density at radius 2 is 1.95 bits per heavy atom. The van der Waals surface area contributed by atoms with Gasteiger partial charge in [-0.05, 0) is 25.0 Å². The van der Waals surface area contributed by atoms with Crippen LogP contribution in [0.3, 0.4) is 0 Å². The predicted molar refractivity (Wildman–Crippen MR) is 76.6 cm³/mol. The van der Waals surface area contributed by atoms with E-state index in [1.165, 1.54) is 6.20 Å². The van der Waals surface area contributed by atoms with Gasteiger partial charge in [-0.1, -0.05) is 11.6 Å². The van der Waals surface area contributed by atoms with Gasteiger partial charge in [-0.25, -0.2) is 4.98 Å². The molecule has 1 aromatic rings. The van der Waals surface area contributed by atoms with E-state index in [9.17, 15) is 9.59 Å². The second-order valence-corrected chi connectivity index (χ2v) is 5.56. The van der Waals surface area contributed by atoms with E-state index >= 15 is 0 Å². The molecule has 0 unspecified atom stereocenters. The molecule has 0 radical (unpaired) electrons. The summed E-state index contributed by atoms with van der Waals surface area (Å²) in [6, 6.07) is 3.28. The first-order valence-corrected chi connectivity index (χ1v) is 6.99. The van der Waals surface area contributed by atoms with Gasteiger partial charge in [0, 0.05) is 39.3 Å². The Hall–Kier alpha value is -1.62. The van der Waals surface area contributed by atoms with Crippen LogP contribution in [0.25, 0.3) is 0 Å². The van der Waals surface area contributed by atoms with E-state index in [2.05, 4.69) is 4.98 Å². The molecule has 1 aromatic heterocycles. The van der Waals surface area contributed by atoms with Gasteiger partial charge >= 0.3 is 0 Å². The van der Waals surface area contributed by atoms with Gasteiger partial charge in [0.25, 0.3) is 5.91 Å². The monoisotopic (exact) mass is 295 g/mol. The molecule has 0 bridgehead atoms. The minimum absolute atomic E-state index is 0.0254. The second kappa shape index (κ2) is 6.22. The summed E-state index contributed by atoms with van der Waals surface area (Å²) in [6.07, 6.45) is 2.91. The van der Waals surface area contributed by atoms with Crippen molar-refractivity contribution in [3.8, 4) is 0 Å². The molecule has 2 amide bonds. The number of rotatable bonds is 2. The minimum atomic E-state index is -0.0510. The highest BCUT2D eigenvalue weighted by molar-refractivity contribution is 6.29. The van der Waals surface area contributed by atoms with Crippen LogP contribution in [-0.4, -0.2) is 53.8 Å². The molecule has 5 nitrogen and oxygen atoms in total. The van der Waals surface area contributed by atoms with Gasteiger partial charge in [-0.15, -0.1) is 0 Å². The van der Waals surface area contributed by atoms with Crippen molar-refractivity contribution in [2.24, 2.45) is 5.92 Å². The van der Waals surface area contributed by atoms with Gasteiger partial charge in [0.15, 0.2) is 0 Å². The van der Waals surface area contributed by atoms with Crippen LogP contribution in [0, 0.1) is 5.92 Å². The lowest BCUT2D eigenvalue weighted by Gasteiger charge is -2.32. The zero-order valence-corrected chi connectivity index (χ0v) is 12.4. The molecule has 0 saturated carbocycles. The minimum Gasteiger partial charge on any atom is -0.349 e. The van der Waals surface area contributed by atoms with Gasteiger partial charge in [-0.2, -0.15) is 0 Å². The lowest BCUT2D eigenvalue weighted by Crippen LogP contribution is -2.42. The van der Waals surface area contributed by atoms with Crippen molar-refractivity contribution in [1.29, 1.82) is 0 Å². The number of nitrogens with zero attached hydrogens (tertiary/aromatic N) is 3. The van der Waals surface area contributed by atoms with Crippen molar-refractivity contribution in [2.75, 3.05) is 27.2 Å². The third kappa shape index (κ3) is 3.28. The summed E-state index contributed by atoms with van der Waals surface area (Å²) in [5, 5.41) is 0.372. The Morgan fingerprint density at radius 3 is 2.45 bits per heavy atom. The molecule has 2 heterocycles. The molecule has 0 N–H and O–H groups in total. The molecule has 1 aliphatic heterocycles. The normalized spacial score (nSPS) is 16.1. The molecule has 1 fully saturated rings. The fourth-order valence-corrected chi connectivity index (χ4v) is 2.49. The maximum absolute atomic E-state index is 12.3. The van der Waals surface area contributed by atoms with Crippen LogP contribution in [0.1, 0.15) is 23.2 Å². The summed E-state index contributed by atoms with van der Waals surface area (Å²) in [5.41, 5.74) is 0.534. The van der Waals surface area contributed by atoms with Gasteiger partial charge < -0.3 is 9.80 Å². The number of aromatic nitrogens is 1. The Morgan fingerprint density at radius 1 is 1.30 bits per heavy atom. The largest absolute Gasteiger partial charge is 0.349 e. The van der Waals surface area contributed by atoms with Crippen LogP contribution in [0.2, 0.25) is 5.15 Å². The van der Waals surface area contributed by atoms with Crippen molar-refractivity contribution < 1.29 is 9.59 Å². The Bertz CT molecular complexity index is 494. The molecular weight excluding hydrogens is 278 g/mol. The number of halogens is 1. The molecule has 20 heavy (non-hydrogen) atoms. The highest BCUT2D eigenvalue weighted by atomic mass is 35.5. The standard InChI is InChI=1S/C14H18ClN3O2/c1-17(2)13(19)10-5-7-18(8-6-10)14(20)11-3-4-12(15)16-9-11/h3-4,9-10H,5-8H2,1-2H3. The fraction of sp³-hybridized carbons (Fsp3) is 0.500. The van der Waals surface area contributed by atoms with Crippen molar-refractivity contribution >= 4 is 23.4 Å². The second-order valence-electron chi connectivity index (χ2n) is 5.17. The topological polar surface area (TPSA) is 53.5 Å². The number of amides is 2. The molecule has 2 rings (SSSR count). The smallest absolute Gasteiger partial charge is 0.255 e. The average Bonchev–Trinajstić information content (AvgIpc) is 2.46. The van der Waals surface area contributed by atoms with E-state index in [0.717, 1.165) is 0 Å². The van der Waals surface area contributed by atoms with E-state index in [1.54, 1.807) is 36.0 Å². The summed E-state index contributed by atoms with van der Waals surface area (Å²) in [4.78, 5) is 31.5. The van der Waals surface area contributed by atoms with E-state index in [1.807, 2.05) is 0 Å².